The van der Waals surface area contributed by atoms with Crippen LogP contribution in [0.5, 0.6) is 17.2 Å². The second kappa shape index (κ2) is 12.2. The highest BCUT2D eigenvalue weighted by molar-refractivity contribution is 7.99. The molecular weight excluding hydrogens is 548 g/mol. The Balaban J connectivity index is 1.62. The van der Waals surface area contributed by atoms with Gasteiger partial charge in [0.1, 0.15) is 10.7 Å². The van der Waals surface area contributed by atoms with E-state index in [1.165, 1.54) is 18.8 Å². The van der Waals surface area contributed by atoms with E-state index in [-0.39, 0.29) is 17.2 Å². The van der Waals surface area contributed by atoms with Crippen molar-refractivity contribution in [2.45, 2.75) is 5.16 Å². The molecule has 0 aliphatic carbocycles. The summed E-state index contributed by atoms with van der Waals surface area (Å²) in [6.07, 6.45) is 0. The first-order chi connectivity index (χ1) is 18.3. The van der Waals surface area contributed by atoms with Gasteiger partial charge in [0, 0.05) is 16.7 Å². The molecular formula is C26H23ClN4O5S2. The first-order valence-corrected chi connectivity index (χ1v) is 12.9. The number of benzene rings is 3. The number of thioether (sulfide) groups is 1. The molecule has 4 aromatic rings. The Hall–Kier alpha value is -3.80. The maximum absolute atomic E-state index is 13.7. The molecule has 9 nitrogen and oxygen atoms in total. The van der Waals surface area contributed by atoms with Gasteiger partial charge in [0.15, 0.2) is 16.7 Å². The van der Waals surface area contributed by atoms with Gasteiger partial charge in [-0.15, -0.1) is 0 Å². The number of halogens is 1. The number of carbonyl (C=O) groups is 1. The molecule has 0 saturated heterocycles. The van der Waals surface area contributed by atoms with Crippen molar-refractivity contribution in [3.63, 3.8) is 0 Å². The van der Waals surface area contributed by atoms with Crippen molar-refractivity contribution < 1.29 is 19.0 Å². The number of hydrogen-bond donors (Lipinski definition) is 2. The second-order valence-electron chi connectivity index (χ2n) is 7.76. The van der Waals surface area contributed by atoms with Crippen LogP contribution in [-0.4, -0.2) is 47.5 Å². The third kappa shape index (κ3) is 6.01. The molecule has 1 heterocycles. The van der Waals surface area contributed by atoms with Gasteiger partial charge in [-0.05, 0) is 42.5 Å². The summed E-state index contributed by atoms with van der Waals surface area (Å²) in [5.74, 6) is 1.07. The summed E-state index contributed by atoms with van der Waals surface area (Å²) in [5, 5.41) is 1.23. The Morgan fingerprint density at radius 2 is 1.63 bits per heavy atom. The Kier molecular flexibility index (Phi) is 8.72. The molecule has 0 bridgehead atoms. The maximum Gasteiger partial charge on any atom is 0.266 e. The summed E-state index contributed by atoms with van der Waals surface area (Å²) in [4.78, 5) is 31.3. The number of amides is 1. The van der Waals surface area contributed by atoms with Gasteiger partial charge >= 0.3 is 0 Å². The fourth-order valence-corrected chi connectivity index (χ4v) is 4.64. The van der Waals surface area contributed by atoms with Crippen LogP contribution in [0.3, 0.4) is 0 Å². The van der Waals surface area contributed by atoms with E-state index in [1.807, 2.05) is 0 Å². The molecule has 0 aliphatic heterocycles. The fourth-order valence-electron chi connectivity index (χ4n) is 3.51. The first-order valence-electron chi connectivity index (χ1n) is 11.2. The molecule has 0 unspecified atom stereocenters. The van der Waals surface area contributed by atoms with Gasteiger partial charge in [-0.2, -0.15) is 0 Å². The molecule has 0 atom stereocenters. The summed E-state index contributed by atoms with van der Waals surface area (Å²) < 4.78 is 17.4. The Bertz CT molecular complexity index is 1540. The summed E-state index contributed by atoms with van der Waals surface area (Å²) in [6, 6.07) is 17.1. The molecule has 0 saturated carbocycles. The van der Waals surface area contributed by atoms with Crippen molar-refractivity contribution in [3.8, 4) is 22.9 Å². The summed E-state index contributed by atoms with van der Waals surface area (Å²) >= 11 is 12.3. The number of fused-ring (bicyclic) bond motifs is 1. The minimum atomic E-state index is -0.366. The lowest BCUT2D eigenvalue weighted by atomic mass is 10.2. The van der Waals surface area contributed by atoms with Crippen molar-refractivity contribution >= 4 is 57.4 Å². The third-order valence-electron chi connectivity index (χ3n) is 5.43. The van der Waals surface area contributed by atoms with Crippen LogP contribution >= 0.6 is 35.6 Å². The molecule has 3 aromatic carbocycles. The number of aromatic nitrogens is 2. The van der Waals surface area contributed by atoms with Gasteiger partial charge in [0.05, 0.1) is 43.7 Å². The quantitative estimate of drug-likeness (QED) is 0.140. The molecule has 1 aromatic heterocycles. The molecule has 4 rings (SSSR count). The first kappa shape index (κ1) is 27.2. The second-order valence-corrected chi connectivity index (χ2v) is 9.54. The van der Waals surface area contributed by atoms with Crippen molar-refractivity contribution in [1.82, 2.24) is 20.4 Å². The molecule has 0 aliphatic rings. The Morgan fingerprint density at radius 3 is 2.26 bits per heavy atom. The molecule has 2 N–H and O–H groups in total. The van der Waals surface area contributed by atoms with Crippen LogP contribution in [0.4, 0.5) is 0 Å². The highest BCUT2D eigenvalue weighted by atomic mass is 35.5. The smallest absolute Gasteiger partial charge is 0.266 e. The SMILES string of the molecule is COc1ccc(-n2c(SCC(=O)NNC(=S)c3ccc(Cl)cc3)nc3cc(OC)c(OC)cc3c2=O)cc1. The van der Waals surface area contributed by atoms with Gasteiger partial charge in [0.2, 0.25) is 5.91 Å². The number of hydrogen-bond acceptors (Lipinski definition) is 8. The summed E-state index contributed by atoms with van der Waals surface area (Å²) in [6.45, 7) is 0. The van der Waals surface area contributed by atoms with Gasteiger partial charge in [-0.3, -0.25) is 25.0 Å². The number of hydrazine groups is 1. The van der Waals surface area contributed by atoms with Crippen LogP contribution in [0.1, 0.15) is 5.56 Å². The van der Waals surface area contributed by atoms with Crippen LogP contribution in [0.25, 0.3) is 16.6 Å². The zero-order valence-electron chi connectivity index (χ0n) is 20.6. The van der Waals surface area contributed by atoms with E-state index in [4.69, 9.17) is 38.0 Å². The number of nitrogens with one attached hydrogen (secondary N) is 2. The molecule has 12 heteroatoms. The topological polar surface area (TPSA) is 104 Å². The normalized spacial score (nSPS) is 10.6. The average Bonchev–Trinajstić information content (AvgIpc) is 2.94. The minimum Gasteiger partial charge on any atom is -0.497 e. The van der Waals surface area contributed by atoms with Crippen LogP contribution in [0.2, 0.25) is 5.02 Å². The molecule has 0 spiro atoms. The van der Waals surface area contributed by atoms with E-state index in [1.54, 1.807) is 67.8 Å². The van der Waals surface area contributed by atoms with E-state index in [2.05, 4.69) is 15.8 Å². The lowest BCUT2D eigenvalue weighted by Gasteiger charge is -2.15. The van der Waals surface area contributed by atoms with Gasteiger partial charge in [-0.25, -0.2) is 4.98 Å². The Labute approximate surface area is 233 Å². The number of thiocarbonyl (C=S) groups is 1. The molecule has 1 amide bonds. The zero-order valence-corrected chi connectivity index (χ0v) is 23.0. The number of ether oxygens (including phenoxy) is 3. The van der Waals surface area contributed by atoms with E-state index in [9.17, 15) is 9.59 Å². The lowest BCUT2D eigenvalue weighted by molar-refractivity contribution is -0.119. The van der Waals surface area contributed by atoms with Crippen molar-refractivity contribution in [1.29, 1.82) is 0 Å². The molecule has 196 valence electrons. The fraction of sp³-hybridized carbons (Fsp3) is 0.154. The number of rotatable bonds is 8. The molecule has 38 heavy (non-hydrogen) atoms. The predicted molar refractivity (Wildman–Crippen MR) is 152 cm³/mol. The van der Waals surface area contributed by atoms with Crippen LogP contribution in [0, 0.1) is 0 Å². The van der Waals surface area contributed by atoms with Crippen molar-refractivity contribution in [2.24, 2.45) is 0 Å². The van der Waals surface area contributed by atoms with Crippen LogP contribution in [-0.2, 0) is 4.79 Å². The van der Waals surface area contributed by atoms with Gasteiger partial charge in [0.25, 0.3) is 5.56 Å². The predicted octanol–water partition coefficient (Wildman–Crippen LogP) is 4.15. The number of carbonyl (C=O) groups excluding carboxylic acids is 1. The highest BCUT2D eigenvalue weighted by Gasteiger charge is 2.18. The van der Waals surface area contributed by atoms with E-state index in [0.29, 0.717) is 54.6 Å². The van der Waals surface area contributed by atoms with Gasteiger partial charge in [-0.1, -0.05) is 47.7 Å². The van der Waals surface area contributed by atoms with Crippen molar-refractivity contribution in [3.05, 3.63) is 81.6 Å². The average molecular weight is 571 g/mol. The van der Waals surface area contributed by atoms with Crippen LogP contribution in [0.15, 0.2) is 70.6 Å². The van der Waals surface area contributed by atoms with E-state index in [0.717, 1.165) is 11.8 Å². The Morgan fingerprint density at radius 1 is 0.974 bits per heavy atom. The summed E-state index contributed by atoms with van der Waals surface area (Å²) in [5.41, 5.74) is 6.64. The van der Waals surface area contributed by atoms with Crippen LogP contribution < -0.4 is 30.6 Å². The number of methoxy groups -OCH3 is 3. The third-order valence-corrected chi connectivity index (χ3v) is 6.96. The van der Waals surface area contributed by atoms with E-state index < -0.39 is 0 Å². The van der Waals surface area contributed by atoms with E-state index >= 15 is 0 Å². The molecule has 0 fully saturated rings. The van der Waals surface area contributed by atoms with Gasteiger partial charge < -0.3 is 14.2 Å². The lowest BCUT2D eigenvalue weighted by Crippen LogP contribution is -2.42. The largest absolute Gasteiger partial charge is 0.497 e. The minimum absolute atomic E-state index is 0.0440. The highest BCUT2D eigenvalue weighted by Crippen LogP contribution is 2.31. The monoisotopic (exact) mass is 570 g/mol. The zero-order chi connectivity index (χ0) is 27.2. The molecule has 0 radical (unpaired) electrons. The standard InChI is InChI=1S/C26H23ClN4O5S2/c1-34-18-10-8-17(9-11-18)31-25(33)19-12-21(35-2)22(36-3)13-20(19)28-26(31)38-14-23(32)29-30-24(37)15-4-6-16(27)7-5-15/h4-13H,14H2,1-3H3,(H,29,32)(H,30,37). The number of nitrogens with zero attached hydrogens (tertiary/aromatic N) is 2. The maximum atomic E-state index is 13.7. The van der Waals surface area contributed by atoms with Crippen molar-refractivity contribution in [2.75, 3.05) is 27.1 Å². The summed E-state index contributed by atoms with van der Waals surface area (Å²) in [7, 11) is 4.56.